The Bertz CT molecular complexity index is 1310. The van der Waals surface area contributed by atoms with Gasteiger partial charge in [-0.25, -0.2) is 15.0 Å². The summed E-state index contributed by atoms with van der Waals surface area (Å²) in [5.74, 6) is -0.499. The van der Waals surface area contributed by atoms with Crippen LogP contribution in [0.15, 0.2) is 54.9 Å². The molecule has 1 aliphatic rings. The van der Waals surface area contributed by atoms with Gasteiger partial charge in [0.05, 0.1) is 15.8 Å². The van der Waals surface area contributed by atoms with Crippen molar-refractivity contribution in [2.24, 2.45) is 0 Å². The minimum absolute atomic E-state index is 0. The van der Waals surface area contributed by atoms with Gasteiger partial charge in [0.2, 0.25) is 0 Å². The Morgan fingerprint density at radius 1 is 1.06 bits per heavy atom. The molecule has 4 aromatic rings. The molecule has 1 aliphatic carbocycles. The van der Waals surface area contributed by atoms with E-state index in [0.717, 1.165) is 33.6 Å². The number of halogens is 1. The second-order valence-electron chi connectivity index (χ2n) is 7.85. The van der Waals surface area contributed by atoms with Crippen LogP contribution in [0.1, 0.15) is 44.1 Å². The number of hydrogen-bond donors (Lipinski definition) is 2. The Morgan fingerprint density at radius 2 is 1.82 bits per heavy atom. The second-order valence-corrected chi connectivity index (χ2v) is 8.97. The molecule has 2 aromatic heterocycles. The summed E-state index contributed by atoms with van der Waals surface area (Å²) in [6.07, 6.45) is 4.85. The van der Waals surface area contributed by atoms with Gasteiger partial charge in [0.15, 0.2) is 0 Å². The molecule has 174 valence electrons. The number of carbonyl (C=O) groups is 2. The lowest BCUT2D eigenvalue weighted by Gasteiger charge is -2.11. The van der Waals surface area contributed by atoms with Gasteiger partial charge >= 0.3 is 6.01 Å². The van der Waals surface area contributed by atoms with Crippen LogP contribution >= 0.6 is 28.3 Å². The maximum atomic E-state index is 12.7. The van der Waals surface area contributed by atoms with Gasteiger partial charge in [0.25, 0.3) is 11.8 Å². The van der Waals surface area contributed by atoms with Gasteiger partial charge in [-0.3, -0.25) is 9.59 Å². The number of nitrogens with one attached hydrogen (secondary N) is 2. The van der Waals surface area contributed by atoms with Gasteiger partial charge in [-0.1, -0.05) is 18.2 Å². The van der Waals surface area contributed by atoms with Crippen LogP contribution in [-0.4, -0.2) is 32.8 Å². The summed E-state index contributed by atoms with van der Waals surface area (Å²) in [6.45, 7) is 2.12. The summed E-state index contributed by atoms with van der Waals surface area (Å²) in [5, 5.41) is 6.61. The first-order valence-corrected chi connectivity index (χ1v) is 11.4. The predicted octanol–water partition coefficient (Wildman–Crippen LogP) is 4.70. The maximum absolute atomic E-state index is 12.7. The molecule has 2 aromatic carbocycles. The number of aryl methyl sites for hydroxylation is 1. The molecule has 2 heterocycles. The first-order chi connectivity index (χ1) is 16.0. The molecule has 1 saturated carbocycles. The maximum Gasteiger partial charge on any atom is 0.316 e. The Labute approximate surface area is 210 Å². The number of carbonyl (C=O) groups excluding carboxylic acids is 2. The molecule has 0 radical (unpaired) electrons. The van der Waals surface area contributed by atoms with E-state index in [-0.39, 0.29) is 53.0 Å². The molecule has 8 nitrogen and oxygen atoms in total. The normalized spacial score (nSPS) is 12.6. The monoisotopic (exact) mass is 539 g/mol. The third kappa shape index (κ3) is 5.57. The number of rotatable bonds is 7. The summed E-state index contributed by atoms with van der Waals surface area (Å²) in [4.78, 5) is 37.8. The zero-order chi connectivity index (χ0) is 22.8. The lowest BCUT2D eigenvalue weighted by molar-refractivity contribution is 0.0949. The first-order valence-electron chi connectivity index (χ1n) is 10.6. The molecule has 1 fully saturated rings. The predicted molar refractivity (Wildman–Crippen MR) is 136 cm³/mol. The number of fused-ring (bicyclic) bond motifs is 1. The highest BCUT2D eigenvalue weighted by Gasteiger charge is 2.24. The topological polar surface area (TPSA) is 106 Å². The summed E-state index contributed by atoms with van der Waals surface area (Å²) >= 11 is 1.55. The van der Waals surface area contributed by atoms with Crippen molar-refractivity contribution < 1.29 is 14.3 Å². The van der Waals surface area contributed by atoms with Crippen LogP contribution in [0, 0.1) is 6.92 Å². The fourth-order valence-corrected chi connectivity index (χ4v) is 4.09. The van der Waals surface area contributed by atoms with Crippen molar-refractivity contribution in [2.75, 3.05) is 5.32 Å². The molecule has 0 bridgehead atoms. The fourth-order valence-electron chi connectivity index (χ4n) is 3.20. The molecule has 0 unspecified atom stereocenters. The number of benzene rings is 2. The van der Waals surface area contributed by atoms with E-state index in [1.807, 2.05) is 37.3 Å². The van der Waals surface area contributed by atoms with E-state index in [0.29, 0.717) is 11.3 Å². The fraction of sp³-hybridized carbons (Fsp3) is 0.208. The van der Waals surface area contributed by atoms with Crippen molar-refractivity contribution in [1.29, 1.82) is 0 Å². The standard InChI is InChI=1S/C24H21N5O3S.BrH/c1-14-6-7-15(22(30)27-17-8-9-17)10-19(14)29-23(31)16-11-25-24(26-12-16)32-13-21-28-18-4-2-3-5-20(18)33-21;/h2-7,10-12,17H,8-9,13H2,1H3,(H,27,30)(H,29,31);1H. The highest BCUT2D eigenvalue weighted by Crippen LogP contribution is 2.23. The molecule has 5 rings (SSSR count). The number of nitrogens with zero attached hydrogens (tertiary/aromatic N) is 3. The minimum atomic E-state index is -0.365. The van der Waals surface area contributed by atoms with Gasteiger partial charge in [-0.15, -0.1) is 28.3 Å². The average molecular weight is 540 g/mol. The van der Waals surface area contributed by atoms with E-state index in [9.17, 15) is 9.59 Å². The number of para-hydroxylation sites is 1. The van der Waals surface area contributed by atoms with Crippen molar-refractivity contribution in [3.8, 4) is 6.01 Å². The molecular weight excluding hydrogens is 518 g/mol. The number of thiazole rings is 1. The molecular formula is C24H22BrN5O3S. The largest absolute Gasteiger partial charge is 0.456 e. The molecule has 0 aliphatic heterocycles. The van der Waals surface area contributed by atoms with Gasteiger partial charge in [0.1, 0.15) is 11.6 Å². The number of amides is 2. The van der Waals surface area contributed by atoms with E-state index in [2.05, 4.69) is 25.6 Å². The summed E-state index contributed by atoms with van der Waals surface area (Å²) in [5.41, 5.74) is 3.15. The molecule has 10 heteroatoms. The highest BCUT2D eigenvalue weighted by molar-refractivity contribution is 8.93. The second kappa shape index (κ2) is 10.3. The zero-order valence-corrected chi connectivity index (χ0v) is 20.8. The highest BCUT2D eigenvalue weighted by atomic mass is 79.9. The minimum Gasteiger partial charge on any atom is -0.456 e. The Morgan fingerprint density at radius 3 is 2.56 bits per heavy atom. The molecule has 34 heavy (non-hydrogen) atoms. The van der Waals surface area contributed by atoms with Gasteiger partial charge in [0, 0.05) is 29.7 Å². The Hall–Kier alpha value is -3.37. The SMILES string of the molecule is Br.Cc1ccc(C(=O)NC2CC2)cc1NC(=O)c1cnc(OCc2nc3ccccc3s2)nc1. The summed E-state index contributed by atoms with van der Waals surface area (Å²) < 4.78 is 6.71. The van der Waals surface area contributed by atoms with Crippen LogP contribution < -0.4 is 15.4 Å². The van der Waals surface area contributed by atoms with Crippen LogP contribution in [0.5, 0.6) is 6.01 Å². The van der Waals surface area contributed by atoms with Crippen molar-refractivity contribution >= 4 is 56.0 Å². The zero-order valence-electron chi connectivity index (χ0n) is 18.3. The lowest BCUT2D eigenvalue weighted by atomic mass is 10.1. The van der Waals surface area contributed by atoms with E-state index in [1.54, 1.807) is 23.5 Å². The molecule has 2 N–H and O–H groups in total. The van der Waals surface area contributed by atoms with Gasteiger partial charge in [-0.2, -0.15) is 0 Å². The summed E-state index contributed by atoms with van der Waals surface area (Å²) in [6, 6.07) is 13.6. The molecule has 0 atom stereocenters. The van der Waals surface area contributed by atoms with Crippen LogP contribution in [0.25, 0.3) is 10.2 Å². The lowest BCUT2D eigenvalue weighted by Crippen LogP contribution is -2.25. The molecule has 2 amide bonds. The smallest absolute Gasteiger partial charge is 0.316 e. The third-order valence-corrected chi connectivity index (χ3v) is 6.22. The van der Waals surface area contributed by atoms with E-state index in [1.165, 1.54) is 12.4 Å². The molecule has 0 saturated heterocycles. The van der Waals surface area contributed by atoms with Gasteiger partial charge < -0.3 is 15.4 Å². The van der Waals surface area contributed by atoms with Crippen LogP contribution in [-0.2, 0) is 6.61 Å². The number of ether oxygens (including phenoxy) is 1. The van der Waals surface area contributed by atoms with Crippen molar-refractivity contribution in [3.05, 3.63) is 76.6 Å². The van der Waals surface area contributed by atoms with Crippen LogP contribution in [0.2, 0.25) is 0 Å². The van der Waals surface area contributed by atoms with E-state index in [4.69, 9.17) is 4.74 Å². The Balaban J connectivity index is 0.00000274. The number of hydrogen-bond acceptors (Lipinski definition) is 7. The average Bonchev–Trinajstić information content (AvgIpc) is 3.54. The number of aromatic nitrogens is 3. The van der Waals surface area contributed by atoms with Crippen molar-refractivity contribution in [1.82, 2.24) is 20.3 Å². The number of anilines is 1. The molecule has 0 spiro atoms. The van der Waals surface area contributed by atoms with Gasteiger partial charge in [-0.05, 0) is 49.6 Å². The first kappa shape index (κ1) is 23.8. The Kier molecular flexibility index (Phi) is 7.18. The van der Waals surface area contributed by atoms with E-state index < -0.39 is 0 Å². The van der Waals surface area contributed by atoms with Crippen LogP contribution in [0.4, 0.5) is 5.69 Å². The quantitative estimate of drug-likeness (QED) is 0.352. The third-order valence-electron chi connectivity index (χ3n) is 5.21. The van der Waals surface area contributed by atoms with Crippen molar-refractivity contribution in [3.63, 3.8) is 0 Å². The summed E-state index contributed by atoms with van der Waals surface area (Å²) in [7, 11) is 0. The van der Waals surface area contributed by atoms with Crippen molar-refractivity contribution in [2.45, 2.75) is 32.4 Å². The van der Waals surface area contributed by atoms with Crippen LogP contribution in [0.3, 0.4) is 0 Å². The van der Waals surface area contributed by atoms with E-state index >= 15 is 0 Å².